The number of likely N-dealkylation sites (tertiary alicyclic amines) is 1. The number of hydrogen-bond acceptors (Lipinski definition) is 5. The second kappa shape index (κ2) is 9.82. The van der Waals surface area contributed by atoms with Crippen LogP contribution in [-0.4, -0.2) is 55.7 Å². The van der Waals surface area contributed by atoms with Gasteiger partial charge < -0.3 is 19.1 Å². The van der Waals surface area contributed by atoms with E-state index >= 15 is 0 Å². The van der Waals surface area contributed by atoms with Crippen molar-refractivity contribution in [2.75, 3.05) is 33.9 Å². The van der Waals surface area contributed by atoms with Crippen LogP contribution in [-0.2, 0) is 17.9 Å². The molecule has 2 aromatic rings. The van der Waals surface area contributed by atoms with E-state index in [1.165, 1.54) is 5.56 Å². The lowest BCUT2D eigenvalue weighted by Gasteiger charge is -2.37. The van der Waals surface area contributed by atoms with E-state index in [9.17, 15) is 4.79 Å². The van der Waals surface area contributed by atoms with Gasteiger partial charge in [0.15, 0.2) is 0 Å². The SMILES string of the molecule is COc1ccc2c(c1)CN(C(C)=O)C[C@H]([C@@H]1CCCN(Cc3ccc(OC)c(C)c3)C1)O2. The molecule has 2 aliphatic rings. The molecule has 2 aromatic carbocycles. The second-order valence-corrected chi connectivity index (χ2v) is 8.97. The summed E-state index contributed by atoms with van der Waals surface area (Å²) in [5, 5.41) is 0. The number of hydrogen-bond donors (Lipinski definition) is 0. The Labute approximate surface area is 191 Å². The predicted octanol–water partition coefficient (Wildman–Crippen LogP) is 4.03. The highest BCUT2D eigenvalue weighted by Crippen LogP contribution is 2.33. The van der Waals surface area contributed by atoms with Crippen molar-refractivity contribution in [3.63, 3.8) is 0 Å². The number of piperidine rings is 1. The zero-order valence-electron chi connectivity index (χ0n) is 19.6. The molecule has 0 saturated carbocycles. The Balaban J connectivity index is 1.49. The molecular weight excluding hydrogens is 404 g/mol. The zero-order valence-corrected chi connectivity index (χ0v) is 19.6. The van der Waals surface area contributed by atoms with Gasteiger partial charge in [0.05, 0.1) is 20.8 Å². The number of carbonyl (C=O) groups excluding carboxylic acids is 1. The first-order valence-electron chi connectivity index (χ1n) is 11.4. The first-order chi connectivity index (χ1) is 15.5. The van der Waals surface area contributed by atoms with Gasteiger partial charge in [0.1, 0.15) is 23.4 Å². The molecule has 2 heterocycles. The van der Waals surface area contributed by atoms with E-state index in [1.54, 1.807) is 21.1 Å². The smallest absolute Gasteiger partial charge is 0.219 e. The zero-order chi connectivity index (χ0) is 22.7. The van der Waals surface area contributed by atoms with Crippen LogP contribution in [0.25, 0.3) is 0 Å². The van der Waals surface area contributed by atoms with Crippen LogP contribution in [0.3, 0.4) is 0 Å². The Hall–Kier alpha value is -2.73. The molecule has 0 unspecified atom stereocenters. The molecule has 6 heteroatoms. The summed E-state index contributed by atoms with van der Waals surface area (Å²) >= 11 is 0. The van der Waals surface area contributed by atoms with Gasteiger partial charge in [-0.3, -0.25) is 9.69 Å². The van der Waals surface area contributed by atoms with Gasteiger partial charge in [-0.1, -0.05) is 12.1 Å². The molecule has 2 aliphatic heterocycles. The first kappa shape index (κ1) is 22.5. The van der Waals surface area contributed by atoms with Crippen molar-refractivity contribution in [3.05, 3.63) is 53.1 Å². The number of aryl methyl sites for hydroxylation is 1. The maximum Gasteiger partial charge on any atom is 0.219 e. The van der Waals surface area contributed by atoms with Gasteiger partial charge in [0.25, 0.3) is 0 Å². The topological polar surface area (TPSA) is 51.2 Å². The van der Waals surface area contributed by atoms with Gasteiger partial charge in [-0.05, 0) is 61.7 Å². The predicted molar refractivity (Wildman–Crippen MR) is 124 cm³/mol. The van der Waals surface area contributed by atoms with Gasteiger partial charge in [-0.15, -0.1) is 0 Å². The van der Waals surface area contributed by atoms with Crippen LogP contribution in [0.1, 0.15) is 36.5 Å². The van der Waals surface area contributed by atoms with Crippen molar-refractivity contribution >= 4 is 5.91 Å². The third kappa shape index (κ3) is 5.01. The fourth-order valence-corrected chi connectivity index (χ4v) is 4.93. The van der Waals surface area contributed by atoms with Crippen LogP contribution in [0.5, 0.6) is 17.2 Å². The number of rotatable bonds is 5. The number of nitrogens with zero attached hydrogens (tertiary/aromatic N) is 2. The molecule has 2 atom stereocenters. The molecule has 0 N–H and O–H groups in total. The first-order valence-corrected chi connectivity index (χ1v) is 11.4. The van der Waals surface area contributed by atoms with E-state index in [2.05, 4.69) is 30.0 Å². The lowest BCUT2D eigenvalue weighted by atomic mass is 9.91. The largest absolute Gasteiger partial charge is 0.497 e. The minimum atomic E-state index is -0.0195. The van der Waals surface area contributed by atoms with Crippen LogP contribution < -0.4 is 14.2 Å². The molecule has 1 amide bonds. The van der Waals surface area contributed by atoms with E-state index in [1.807, 2.05) is 23.1 Å². The molecule has 1 fully saturated rings. The van der Waals surface area contributed by atoms with E-state index in [0.717, 1.165) is 60.9 Å². The standard InChI is InChI=1S/C26H34N2O4/c1-18-12-20(7-9-24(18)31-4)14-27-11-5-6-21(15-27)26-17-28(19(2)29)16-22-13-23(30-3)8-10-25(22)32-26/h7-10,12-13,21,26H,5-6,11,14-17H2,1-4H3/t21-,26-/m1/s1. The molecule has 0 bridgehead atoms. The number of benzene rings is 2. The normalized spacial score (nSPS) is 21.3. The summed E-state index contributed by atoms with van der Waals surface area (Å²) in [6.07, 6.45) is 2.23. The highest BCUT2D eigenvalue weighted by Gasteiger charge is 2.33. The van der Waals surface area contributed by atoms with Crippen LogP contribution in [0, 0.1) is 12.8 Å². The molecule has 0 radical (unpaired) electrons. The van der Waals surface area contributed by atoms with Gasteiger partial charge in [-0.25, -0.2) is 0 Å². The molecule has 0 spiro atoms. The molecule has 1 saturated heterocycles. The monoisotopic (exact) mass is 438 g/mol. The van der Waals surface area contributed by atoms with Gasteiger partial charge in [-0.2, -0.15) is 0 Å². The van der Waals surface area contributed by atoms with Gasteiger partial charge >= 0.3 is 0 Å². The number of ether oxygens (including phenoxy) is 3. The molecule has 0 aliphatic carbocycles. The fourth-order valence-electron chi connectivity index (χ4n) is 4.93. The molecule has 4 rings (SSSR count). The number of fused-ring (bicyclic) bond motifs is 1. The van der Waals surface area contributed by atoms with E-state index in [0.29, 0.717) is 19.0 Å². The van der Waals surface area contributed by atoms with Crippen molar-refractivity contribution in [2.24, 2.45) is 5.92 Å². The van der Waals surface area contributed by atoms with Crippen molar-refractivity contribution < 1.29 is 19.0 Å². The van der Waals surface area contributed by atoms with Crippen molar-refractivity contribution in [3.8, 4) is 17.2 Å². The summed E-state index contributed by atoms with van der Waals surface area (Å²) in [6.45, 7) is 7.86. The highest BCUT2D eigenvalue weighted by molar-refractivity contribution is 5.73. The summed E-state index contributed by atoms with van der Waals surface area (Å²) < 4.78 is 17.3. The third-order valence-electron chi connectivity index (χ3n) is 6.69. The summed E-state index contributed by atoms with van der Waals surface area (Å²) in [6, 6.07) is 12.3. The Bertz CT molecular complexity index is 961. The maximum absolute atomic E-state index is 12.4. The van der Waals surface area contributed by atoms with Crippen molar-refractivity contribution in [1.82, 2.24) is 9.80 Å². The minimum absolute atomic E-state index is 0.0195. The minimum Gasteiger partial charge on any atom is -0.497 e. The molecule has 6 nitrogen and oxygen atoms in total. The summed E-state index contributed by atoms with van der Waals surface area (Å²) in [7, 11) is 3.37. The Kier molecular flexibility index (Phi) is 6.89. The van der Waals surface area contributed by atoms with Crippen LogP contribution in [0.2, 0.25) is 0 Å². The van der Waals surface area contributed by atoms with Crippen molar-refractivity contribution in [1.29, 1.82) is 0 Å². The Morgan fingerprint density at radius 3 is 2.69 bits per heavy atom. The maximum atomic E-state index is 12.4. The van der Waals surface area contributed by atoms with Gasteiger partial charge in [0.2, 0.25) is 5.91 Å². The van der Waals surface area contributed by atoms with E-state index in [-0.39, 0.29) is 12.0 Å². The van der Waals surface area contributed by atoms with E-state index < -0.39 is 0 Å². The van der Waals surface area contributed by atoms with Crippen molar-refractivity contribution in [2.45, 2.75) is 45.9 Å². The third-order valence-corrected chi connectivity index (χ3v) is 6.69. The summed E-state index contributed by atoms with van der Waals surface area (Å²) in [4.78, 5) is 16.8. The van der Waals surface area contributed by atoms with Crippen LogP contribution in [0.4, 0.5) is 0 Å². The summed E-state index contributed by atoms with van der Waals surface area (Å²) in [5.41, 5.74) is 3.46. The average Bonchev–Trinajstić information content (AvgIpc) is 2.99. The average molecular weight is 439 g/mol. The molecule has 172 valence electrons. The van der Waals surface area contributed by atoms with E-state index in [4.69, 9.17) is 14.2 Å². The fraction of sp³-hybridized carbons (Fsp3) is 0.500. The number of amides is 1. The lowest BCUT2D eigenvalue weighted by molar-refractivity contribution is -0.130. The lowest BCUT2D eigenvalue weighted by Crippen LogP contribution is -2.46. The van der Waals surface area contributed by atoms with Crippen LogP contribution >= 0.6 is 0 Å². The number of methoxy groups -OCH3 is 2. The van der Waals surface area contributed by atoms with Crippen LogP contribution in [0.15, 0.2) is 36.4 Å². The van der Waals surface area contributed by atoms with Gasteiger partial charge in [0, 0.05) is 38.0 Å². The molecular formula is C26H34N2O4. The number of carbonyl (C=O) groups is 1. The Morgan fingerprint density at radius 2 is 1.97 bits per heavy atom. The summed E-state index contributed by atoms with van der Waals surface area (Å²) in [5.74, 6) is 3.03. The Morgan fingerprint density at radius 1 is 1.12 bits per heavy atom. The quantitative estimate of drug-likeness (QED) is 0.705. The second-order valence-electron chi connectivity index (χ2n) is 8.97. The highest BCUT2D eigenvalue weighted by atomic mass is 16.5. The molecule has 0 aromatic heterocycles. The molecule has 32 heavy (non-hydrogen) atoms.